The number of aryl methyl sites for hydroxylation is 1. The Morgan fingerprint density at radius 3 is 2.86 bits per heavy atom. The summed E-state index contributed by atoms with van der Waals surface area (Å²) in [6.45, 7) is 0.0240. The number of nitriles is 1. The van der Waals surface area contributed by atoms with Crippen molar-refractivity contribution in [3.63, 3.8) is 0 Å². The van der Waals surface area contributed by atoms with E-state index < -0.39 is 11.7 Å². The lowest BCUT2D eigenvalue weighted by Crippen LogP contribution is -2.27. The van der Waals surface area contributed by atoms with Gasteiger partial charge in [0.1, 0.15) is 5.82 Å². The van der Waals surface area contributed by atoms with Crippen molar-refractivity contribution in [3.8, 4) is 6.07 Å². The molecule has 0 fully saturated rings. The molecule has 0 saturated heterocycles. The molecule has 2 aromatic rings. The highest BCUT2D eigenvalue weighted by molar-refractivity contribution is 5.96. The third-order valence-corrected chi connectivity index (χ3v) is 2.99. The number of carbonyl (C=O) groups excluding carboxylic acids is 1. The fourth-order valence-corrected chi connectivity index (χ4v) is 1.95. The van der Waals surface area contributed by atoms with E-state index in [1.54, 1.807) is 7.05 Å². The van der Waals surface area contributed by atoms with Gasteiger partial charge in [0.15, 0.2) is 5.69 Å². The predicted molar refractivity (Wildman–Crippen MR) is 74.5 cm³/mol. The van der Waals surface area contributed by atoms with Crippen LogP contribution in [0.1, 0.15) is 21.6 Å². The lowest BCUT2D eigenvalue weighted by molar-refractivity contribution is 0.0778. The van der Waals surface area contributed by atoms with Gasteiger partial charge in [-0.25, -0.2) is 4.39 Å². The molecule has 0 unspecified atom stereocenters. The topological polar surface area (TPSA) is 87.9 Å². The van der Waals surface area contributed by atoms with E-state index >= 15 is 0 Å². The van der Waals surface area contributed by atoms with Crippen molar-refractivity contribution in [3.05, 3.63) is 47.0 Å². The first-order valence-electron chi connectivity index (χ1n) is 6.15. The third-order valence-electron chi connectivity index (χ3n) is 2.99. The van der Waals surface area contributed by atoms with Gasteiger partial charge in [0.25, 0.3) is 5.91 Å². The number of anilines is 1. The van der Waals surface area contributed by atoms with E-state index in [2.05, 4.69) is 5.10 Å². The highest BCUT2D eigenvalue weighted by Gasteiger charge is 2.19. The van der Waals surface area contributed by atoms with Crippen LogP contribution in [0.3, 0.4) is 0 Å². The molecule has 0 saturated carbocycles. The second-order valence-corrected chi connectivity index (χ2v) is 4.69. The van der Waals surface area contributed by atoms with Crippen molar-refractivity contribution in [1.82, 2.24) is 14.7 Å². The number of carbonyl (C=O) groups is 1. The minimum atomic E-state index is -0.470. The van der Waals surface area contributed by atoms with Crippen molar-refractivity contribution >= 4 is 11.6 Å². The van der Waals surface area contributed by atoms with Crippen molar-refractivity contribution in [2.45, 2.75) is 6.54 Å². The first-order chi connectivity index (χ1) is 9.92. The zero-order valence-electron chi connectivity index (χ0n) is 11.7. The number of halogens is 1. The standard InChI is InChI=1S/C14H14FN5O/c1-19(14(21)13-12(17)8-20(2)18-13)7-10-5-9(6-16)3-4-11(10)15/h3-5,8H,7,17H2,1-2H3. The Hall–Kier alpha value is -2.88. The Kier molecular flexibility index (Phi) is 3.89. The smallest absolute Gasteiger partial charge is 0.276 e. The van der Waals surface area contributed by atoms with Crippen molar-refractivity contribution in [1.29, 1.82) is 5.26 Å². The second kappa shape index (κ2) is 5.63. The zero-order chi connectivity index (χ0) is 15.6. The van der Waals surface area contributed by atoms with E-state index in [1.165, 1.54) is 41.0 Å². The third kappa shape index (κ3) is 3.00. The number of amides is 1. The van der Waals surface area contributed by atoms with E-state index in [9.17, 15) is 9.18 Å². The van der Waals surface area contributed by atoms with E-state index in [0.29, 0.717) is 5.56 Å². The molecule has 1 amide bonds. The Morgan fingerprint density at radius 2 is 2.29 bits per heavy atom. The second-order valence-electron chi connectivity index (χ2n) is 4.69. The molecule has 7 heteroatoms. The molecule has 0 aliphatic rings. The van der Waals surface area contributed by atoms with Gasteiger partial charge in [-0.05, 0) is 18.2 Å². The molecule has 0 aliphatic heterocycles. The van der Waals surface area contributed by atoms with Crippen LogP contribution in [0.2, 0.25) is 0 Å². The summed E-state index contributed by atoms with van der Waals surface area (Å²) in [6, 6.07) is 5.95. The van der Waals surface area contributed by atoms with Crippen LogP contribution in [0.25, 0.3) is 0 Å². The van der Waals surface area contributed by atoms with Gasteiger partial charge in [0, 0.05) is 32.4 Å². The number of hydrogen-bond donors (Lipinski definition) is 1. The quantitative estimate of drug-likeness (QED) is 0.921. The van der Waals surface area contributed by atoms with Gasteiger partial charge >= 0.3 is 0 Å². The molecule has 0 aliphatic carbocycles. The summed E-state index contributed by atoms with van der Waals surface area (Å²) < 4.78 is 15.2. The van der Waals surface area contributed by atoms with Gasteiger partial charge in [-0.1, -0.05) is 0 Å². The average molecular weight is 287 g/mol. The molecular formula is C14H14FN5O. The maximum atomic E-state index is 13.7. The minimum Gasteiger partial charge on any atom is -0.396 e. The molecule has 0 bridgehead atoms. The number of aromatic nitrogens is 2. The zero-order valence-corrected chi connectivity index (χ0v) is 11.7. The van der Waals surface area contributed by atoms with Crippen LogP contribution in [0.5, 0.6) is 0 Å². The van der Waals surface area contributed by atoms with Crippen LogP contribution in [0.15, 0.2) is 24.4 Å². The molecule has 0 spiro atoms. The first-order valence-corrected chi connectivity index (χ1v) is 6.15. The van der Waals surface area contributed by atoms with Gasteiger partial charge in [-0.3, -0.25) is 9.48 Å². The average Bonchev–Trinajstić information content (AvgIpc) is 2.79. The van der Waals surface area contributed by atoms with E-state index in [-0.39, 0.29) is 23.5 Å². The van der Waals surface area contributed by atoms with Crippen molar-refractivity contribution in [2.24, 2.45) is 7.05 Å². The van der Waals surface area contributed by atoms with Crippen molar-refractivity contribution in [2.75, 3.05) is 12.8 Å². The van der Waals surface area contributed by atoms with Crippen LogP contribution >= 0.6 is 0 Å². The van der Waals surface area contributed by atoms with Gasteiger partial charge in [0.05, 0.1) is 17.3 Å². The van der Waals surface area contributed by atoms with Gasteiger partial charge in [0.2, 0.25) is 0 Å². The summed E-state index contributed by atoms with van der Waals surface area (Å²) in [6.07, 6.45) is 1.53. The molecular weight excluding hydrogens is 273 g/mol. The highest BCUT2D eigenvalue weighted by Crippen LogP contribution is 2.15. The summed E-state index contributed by atoms with van der Waals surface area (Å²) >= 11 is 0. The summed E-state index contributed by atoms with van der Waals surface area (Å²) in [4.78, 5) is 13.5. The highest BCUT2D eigenvalue weighted by atomic mass is 19.1. The Balaban J connectivity index is 2.22. The molecule has 6 nitrogen and oxygen atoms in total. The Labute approximate surface area is 121 Å². The maximum Gasteiger partial charge on any atom is 0.276 e. The monoisotopic (exact) mass is 287 g/mol. The molecule has 1 aromatic carbocycles. The maximum absolute atomic E-state index is 13.7. The number of nitrogens with two attached hydrogens (primary N) is 1. The van der Waals surface area contributed by atoms with Crippen LogP contribution in [-0.2, 0) is 13.6 Å². The van der Waals surface area contributed by atoms with Crippen molar-refractivity contribution < 1.29 is 9.18 Å². The summed E-state index contributed by atoms with van der Waals surface area (Å²) in [5.74, 6) is -0.877. The molecule has 2 rings (SSSR count). The summed E-state index contributed by atoms with van der Waals surface area (Å²) in [5.41, 5.74) is 6.69. The van der Waals surface area contributed by atoms with E-state index in [0.717, 1.165) is 0 Å². The number of benzene rings is 1. The Morgan fingerprint density at radius 1 is 1.57 bits per heavy atom. The molecule has 0 atom stereocenters. The largest absolute Gasteiger partial charge is 0.396 e. The van der Waals surface area contributed by atoms with Gasteiger partial charge in [-0.2, -0.15) is 10.4 Å². The fourth-order valence-electron chi connectivity index (χ4n) is 1.95. The summed E-state index contributed by atoms with van der Waals surface area (Å²) in [5, 5.41) is 12.8. The van der Waals surface area contributed by atoms with Gasteiger partial charge in [-0.15, -0.1) is 0 Å². The molecule has 1 heterocycles. The molecule has 0 radical (unpaired) electrons. The van der Waals surface area contributed by atoms with E-state index in [4.69, 9.17) is 11.0 Å². The van der Waals surface area contributed by atoms with Crippen LogP contribution in [-0.4, -0.2) is 27.6 Å². The predicted octanol–water partition coefficient (Wildman–Crippen LogP) is 1.29. The summed E-state index contributed by atoms with van der Waals surface area (Å²) in [7, 11) is 3.18. The fraction of sp³-hybridized carbons (Fsp3) is 0.214. The minimum absolute atomic E-state index is 0.0240. The number of nitrogens with zero attached hydrogens (tertiary/aromatic N) is 4. The van der Waals surface area contributed by atoms with Crippen LogP contribution in [0, 0.1) is 17.1 Å². The van der Waals surface area contributed by atoms with Crippen LogP contribution in [0.4, 0.5) is 10.1 Å². The Bertz CT molecular complexity index is 731. The van der Waals surface area contributed by atoms with Crippen LogP contribution < -0.4 is 5.73 Å². The SMILES string of the molecule is CN(Cc1cc(C#N)ccc1F)C(=O)c1nn(C)cc1N. The number of nitrogen functional groups attached to an aromatic ring is 1. The molecule has 108 valence electrons. The van der Waals surface area contributed by atoms with E-state index in [1.807, 2.05) is 6.07 Å². The lowest BCUT2D eigenvalue weighted by Gasteiger charge is -2.17. The number of hydrogen-bond acceptors (Lipinski definition) is 4. The normalized spacial score (nSPS) is 10.2. The first kappa shape index (κ1) is 14.5. The molecule has 2 N–H and O–H groups in total. The van der Waals surface area contributed by atoms with Gasteiger partial charge < -0.3 is 10.6 Å². The molecule has 1 aromatic heterocycles. The lowest BCUT2D eigenvalue weighted by atomic mass is 10.1. The number of rotatable bonds is 3. The molecule has 21 heavy (non-hydrogen) atoms.